The minimum atomic E-state index is -0.164. The maximum Gasteiger partial charge on any atom is 0.230 e. The van der Waals surface area contributed by atoms with Crippen molar-refractivity contribution in [2.45, 2.75) is 53.2 Å². The van der Waals surface area contributed by atoms with Gasteiger partial charge in [0.05, 0.1) is 19.0 Å². The molecule has 2 aromatic heterocycles. The van der Waals surface area contributed by atoms with Crippen LogP contribution < -0.4 is 10.2 Å². The number of nitrogens with one attached hydrogen (secondary N) is 1. The first-order chi connectivity index (χ1) is 16.8. The number of hydrogen-bond donors (Lipinski definition) is 2. The number of hydrogen-bond acceptors (Lipinski definition) is 6. The zero-order valence-corrected chi connectivity index (χ0v) is 21.7. The number of benzene rings is 2. The predicted octanol–water partition coefficient (Wildman–Crippen LogP) is 6.14. The molecule has 0 spiro atoms. The second-order valence-electron chi connectivity index (χ2n) is 9.53. The average molecular weight is 493 g/mol. The molecule has 0 amide bonds. The fraction of sp³-hybridized carbons (Fsp3) is 0.370. The Morgan fingerprint density at radius 2 is 1.80 bits per heavy atom. The second-order valence-corrected chi connectivity index (χ2v) is 9.97. The molecule has 2 aromatic carbocycles. The third-order valence-corrected chi connectivity index (χ3v) is 6.38. The number of aliphatic hydroxyl groups is 1. The number of aromatic nitrogens is 4. The SMILES string of the molecule is Cc1ccc(CN(c2nc(Nc3cccc(Cl)c3)c3ncn(C(C)C)c3n2)[C@@H](CO)C(C)C)cc1. The fourth-order valence-electron chi connectivity index (χ4n) is 4.10. The molecule has 184 valence electrons. The molecule has 0 aliphatic carbocycles. The smallest absolute Gasteiger partial charge is 0.230 e. The number of anilines is 3. The molecule has 8 heteroatoms. The molecule has 2 heterocycles. The highest BCUT2D eigenvalue weighted by molar-refractivity contribution is 6.30. The number of aliphatic hydroxyl groups excluding tert-OH is 1. The zero-order chi connectivity index (χ0) is 25.1. The monoisotopic (exact) mass is 492 g/mol. The topological polar surface area (TPSA) is 79.1 Å². The Bertz CT molecular complexity index is 1280. The maximum atomic E-state index is 10.4. The Morgan fingerprint density at radius 1 is 1.06 bits per heavy atom. The first-order valence-electron chi connectivity index (χ1n) is 12.0. The normalized spacial score (nSPS) is 12.5. The number of rotatable bonds is 9. The lowest BCUT2D eigenvalue weighted by Crippen LogP contribution is -2.42. The van der Waals surface area contributed by atoms with Gasteiger partial charge < -0.3 is 19.9 Å². The van der Waals surface area contributed by atoms with Crippen molar-refractivity contribution < 1.29 is 5.11 Å². The summed E-state index contributed by atoms with van der Waals surface area (Å²) in [5, 5.41) is 14.4. The molecule has 0 radical (unpaired) electrons. The van der Waals surface area contributed by atoms with Crippen molar-refractivity contribution in [1.29, 1.82) is 0 Å². The van der Waals surface area contributed by atoms with Crippen LogP contribution in [-0.4, -0.2) is 37.3 Å². The van der Waals surface area contributed by atoms with Crippen LogP contribution in [0.15, 0.2) is 54.9 Å². The summed E-state index contributed by atoms with van der Waals surface area (Å²) >= 11 is 6.22. The highest BCUT2D eigenvalue weighted by atomic mass is 35.5. The minimum absolute atomic E-state index is 0.00851. The van der Waals surface area contributed by atoms with Gasteiger partial charge in [-0.05, 0) is 50.5 Å². The highest BCUT2D eigenvalue weighted by Gasteiger charge is 2.26. The van der Waals surface area contributed by atoms with E-state index >= 15 is 0 Å². The summed E-state index contributed by atoms with van der Waals surface area (Å²) in [6.07, 6.45) is 1.80. The first-order valence-corrected chi connectivity index (χ1v) is 12.3. The number of fused-ring (bicyclic) bond motifs is 1. The molecule has 0 unspecified atom stereocenters. The second kappa shape index (κ2) is 10.6. The van der Waals surface area contributed by atoms with Gasteiger partial charge in [0.1, 0.15) is 0 Å². The Hall–Kier alpha value is -3.16. The maximum absolute atomic E-state index is 10.4. The highest BCUT2D eigenvalue weighted by Crippen LogP contribution is 2.30. The van der Waals surface area contributed by atoms with Gasteiger partial charge in [0.2, 0.25) is 5.95 Å². The summed E-state index contributed by atoms with van der Waals surface area (Å²) in [5.74, 6) is 1.32. The predicted molar refractivity (Wildman–Crippen MR) is 144 cm³/mol. The van der Waals surface area contributed by atoms with Gasteiger partial charge in [0.15, 0.2) is 17.0 Å². The summed E-state index contributed by atoms with van der Waals surface area (Å²) in [4.78, 5) is 16.6. The molecule has 0 saturated carbocycles. The van der Waals surface area contributed by atoms with E-state index in [-0.39, 0.29) is 24.6 Å². The quantitative estimate of drug-likeness (QED) is 0.292. The Kier molecular flexibility index (Phi) is 7.57. The van der Waals surface area contributed by atoms with Gasteiger partial charge in [0, 0.05) is 23.3 Å². The van der Waals surface area contributed by atoms with Crippen molar-refractivity contribution in [3.8, 4) is 0 Å². The number of nitrogens with zero attached hydrogens (tertiary/aromatic N) is 5. The Balaban J connectivity index is 1.87. The van der Waals surface area contributed by atoms with Crippen LogP contribution in [0.2, 0.25) is 5.02 Å². The molecule has 0 bridgehead atoms. The van der Waals surface area contributed by atoms with Crippen molar-refractivity contribution in [2.75, 3.05) is 16.8 Å². The van der Waals surface area contributed by atoms with Crippen molar-refractivity contribution in [3.05, 3.63) is 71.0 Å². The number of imidazole rings is 1. The van der Waals surface area contributed by atoms with Crippen molar-refractivity contribution in [2.24, 2.45) is 5.92 Å². The lowest BCUT2D eigenvalue weighted by molar-refractivity contribution is 0.228. The van der Waals surface area contributed by atoms with Crippen molar-refractivity contribution in [3.63, 3.8) is 0 Å². The van der Waals surface area contributed by atoms with Crippen LogP contribution in [0, 0.1) is 12.8 Å². The van der Waals surface area contributed by atoms with Crippen LogP contribution in [0.5, 0.6) is 0 Å². The van der Waals surface area contributed by atoms with E-state index in [1.54, 1.807) is 6.33 Å². The third kappa shape index (κ3) is 5.57. The van der Waals surface area contributed by atoms with E-state index in [0.717, 1.165) is 16.9 Å². The molecule has 0 aliphatic rings. The van der Waals surface area contributed by atoms with Gasteiger partial charge >= 0.3 is 0 Å². The summed E-state index contributed by atoms with van der Waals surface area (Å²) < 4.78 is 2.04. The van der Waals surface area contributed by atoms with Crippen LogP contribution in [0.4, 0.5) is 17.5 Å². The van der Waals surface area contributed by atoms with Crippen LogP contribution in [-0.2, 0) is 6.54 Å². The third-order valence-electron chi connectivity index (χ3n) is 6.14. The van der Waals surface area contributed by atoms with Gasteiger partial charge in [0.25, 0.3) is 0 Å². The van der Waals surface area contributed by atoms with E-state index in [2.05, 4.69) is 74.1 Å². The molecule has 0 aliphatic heterocycles. The van der Waals surface area contributed by atoms with Crippen LogP contribution in [0.25, 0.3) is 11.2 Å². The molecule has 4 aromatic rings. The molecule has 1 atom stereocenters. The van der Waals surface area contributed by atoms with E-state index < -0.39 is 0 Å². The summed E-state index contributed by atoms with van der Waals surface area (Å²) in [6, 6.07) is 15.9. The Morgan fingerprint density at radius 3 is 2.43 bits per heavy atom. The Labute approximate surface area is 211 Å². The largest absolute Gasteiger partial charge is 0.394 e. The number of aryl methyl sites for hydroxylation is 1. The van der Waals surface area contributed by atoms with Gasteiger partial charge in [-0.2, -0.15) is 9.97 Å². The van der Waals surface area contributed by atoms with Crippen LogP contribution in [0.1, 0.15) is 44.9 Å². The van der Waals surface area contributed by atoms with Gasteiger partial charge in [-0.3, -0.25) is 0 Å². The summed E-state index contributed by atoms with van der Waals surface area (Å²) in [6.45, 7) is 11.0. The van der Waals surface area contributed by atoms with Gasteiger partial charge in [-0.15, -0.1) is 0 Å². The molecule has 7 nitrogen and oxygen atoms in total. The summed E-state index contributed by atoms with van der Waals surface area (Å²) in [5.41, 5.74) is 4.57. The van der Waals surface area contributed by atoms with E-state index in [4.69, 9.17) is 21.6 Å². The van der Waals surface area contributed by atoms with Crippen molar-refractivity contribution in [1.82, 2.24) is 19.5 Å². The molecule has 0 saturated heterocycles. The van der Waals surface area contributed by atoms with E-state index in [1.165, 1.54) is 5.56 Å². The van der Waals surface area contributed by atoms with E-state index in [1.807, 2.05) is 28.8 Å². The molecule has 35 heavy (non-hydrogen) atoms. The molecular weight excluding hydrogens is 460 g/mol. The standard InChI is InChI=1S/C27H33ClN6O/c1-17(2)23(15-35)33(14-20-11-9-19(5)10-12-20)27-31-25(30-22-8-6-7-21(28)13-22)24-26(32-27)34(16-29-24)18(3)4/h6-13,16-18,23,35H,14-15H2,1-5H3,(H,30,31,32)/t23-/m0/s1. The minimum Gasteiger partial charge on any atom is -0.394 e. The lowest BCUT2D eigenvalue weighted by atomic mass is 10.0. The van der Waals surface area contributed by atoms with E-state index in [9.17, 15) is 5.11 Å². The number of halogens is 1. The molecular formula is C27H33ClN6O. The first kappa shape index (κ1) is 24.9. The average Bonchev–Trinajstić information content (AvgIpc) is 3.25. The van der Waals surface area contributed by atoms with Crippen molar-refractivity contribution >= 4 is 40.2 Å². The molecule has 2 N–H and O–H groups in total. The summed E-state index contributed by atoms with van der Waals surface area (Å²) in [7, 11) is 0. The lowest BCUT2D eigenvalue weighted by Gasteiger charge is -2.33. The van der Waals surface area contributed by atoms with Crippen LogP contribution >= 0.6 is 11.6 Å². The van der Waals surface area contributed by atoms with E-state index in [0.29, 0.717) is 28.9 Å². The molecule has 4 rings (SSSR count). The molecule has 0 fully saturated rings. The fourth-order valence-corrected chi connectivity index (χ4v) is 4.29. The van der Waals surface area contributed by atoms with Gasteiger partial charge in [-0.1, -0.05) is 61.3 Å². The zero-order valence-electron chi connectivity index (χ0n) is 20.9. The van der Waals surface area contributed by atoms with Crippen LogP contribution in [0.3, 0.4) is 0 Å². The van der Waals surface area contributed by atoms with Gasteiger partial charge in [-0.25, -0.2) is 4.98 Å².